The Kier molecular flexibility index (Phi) is 3.54. The molecule has 0 aliphatic carbocycles. The van der Waals surface area contributed by atoms with Gasteiger partial charge in [-0.05, 0) is 31.2 Å². The normalized spacial score (nSPS) is 11.6. The highest BCUT2D eigenvalue weighted by atomic mass is 19.1. The zero-order valence-electron chi connectivity index (χ0n) is 9.89. The summed E-state index contributed by atoms with van der Waals surface area (Å²) in [5.41, 5.74) is 2.05. The summed E-state index contributed by atoms with van der Waals surface area (Å²) >= 11 is 0. The van der Waals surface area contributed by atoms with Gasteiger partial charge >= 0.3 is 0 Å². The fourth-order valence-corrected chi connectivity index (χ4v) is 1.66. The molecule has 2 rings (SSSR count). The van der Waals surface area contributed by atoms with E-state index in [1.54, 1.807) is 12.1 Å². The second kappa shape index (κ2) is 5.28. The van der Waals surface area contributed by atoms with E-state index in [1.807, 2.05) is 25.1 Å². The molecule has 1 aromatic heterocycles. The molecule has 18 heavy (non-hydrogen) atoms. The van der Waals surface area contributed by atoms with Crippen LogP contribution in [0.25, 0.3) is 0 Å². The Bertz CT molecular complexity index is 572. The summed E-state index contributed by atoms with van der Waals surface area (Å²) in [6.45, 7) is 1.91. The van der Waals surface area contributed by atoms with E-state index in [0.29, 0.717) is 5.56 Å². The number of nitrogens with one attached hydrogen (secondary N) is 1. The lowest BCUT2D eigenvalue weighted by molar-refractivity contribution is 0.617. The Morgan fingerprint density at radius 2 is 2.06 bits per heavy atom. The van der Waals surface area contributed by atoms with Crippen molar-refractivity contribution >= 4 is 5.69 Å². The molecule has 1 unspecified atom stereocenters. The molecule has 0 aliphatic heterocycles. The van der Waals surface area contributed by atoms with Crippen LogP contribution in [0.1, 0.15) is 24.2 Å². The number of para-hydroxylation sites is 1. The third-order valence-electron chi connectivity index (χ3n) is 2.61. The Morgan fingerprint density at radius 1 is 1.28 bits per heavy atom. The van der Waals surface area contributed by atoms with E-state index in [4.69, 9.17) is 5.26 Å². The third kappa shape index (κ3) is 2.64. The van der Waals surface area contributed by atoms with Crippen molar-refractivity contribution in [3.63, 3.8) is 0 Å². The van der Waals surface area contributed by atoms with Gasteiger partial charge in [0.2, 0.25) is 0 Å². The predicted molar refractivity (Wildman–Crippen MR) is 67.4 cm³/mol. The molecule has 0 radical (unpaired) electrons. The summed E-state index contributed by atoms with van der Waals surface area (Å²) in [5.74, 6) is -0.358. The number of nitriles is 1. The first-order valence-electron chi connectivity index (χ1n) is 5.58. The first kappa shape index (κ1) is 12.1. The van der Waals surface area contributed by atoms with Crippen LogP contribution in [0.15, 0.2) is 42.6 Å². The van der Waals surface area contributed by atoms with Crippen molar-refractivity contribution in [1.82, 2.24) is 4.98 Å². The van der Waals surface area contributed by atoms with E-state index < -0.39 is 0 Å². The van der Waals surface area contributed by atoms with Crippen LogP contribution in [0.5, 0.6) is 0 Å². The molecule has 0 spiro atoms. The van der Waals surface area contributed by atoms with Gasteiger partial charge in [0.1, 0.15) is 11.9 Å². The zero-order chi connectivity index (χ0) is 13.0. The molecule has 0 bridgehead atoms. The highest BCUT2D eigenvalue weighted by Crippen LogP contribution is 2.20. The van der Waals surface area contributed by atoms with Crippen LogP contribution in [0.3, 0.4) is 0 Å². The average Bonchev–Trinajstić information content (AvgIpc) is 2.40. The molecule has 0 aliphatic rings. The minimum absolute atomic E-state index is 0.0971. The van der Waals surface area contributed by atoms with Gasteiger partial charge in [-0.15, -0.1) is 0 Å². The third-order valence-corrected chi connectivity index (χ3v) is 2.61. The van der Waals surface area contributed by atoms with Gasteiger partial charge in [-0.3, -0.25) is 4.98 Å². The second-order valence-electron chi connectivity index (χ2n) is 3.92. The van der Waals surface area contributed by atoms with Crippen LogP contribution in [0.2, 0.25) is 0 Å². The smallest absolute Gasteiger partial charge is 0.141 e. The van der Waals surface area contributed by atoms with Gasteiger partial charge in [0, 0.05) is 0 Å². The Morgan fingerprint density at radius 3 is 2.72 bits per heavy atom. The predicted octanol–water partition coefficient (Wildman–Crippen LogP) is 3.27. The van der Waals surface area contributed by atoms with Crippen molar-refractivity contribution in [3.8, 4) is 6.07 Å². The highest BCUT2D eigenvalue weighted by molar-refractivity contribution is 5.57. The molecule has 1 atom stereocenters. The van der Waals surface area contributed by atoms with Crippen molar-refractivity contribution in [3.05, 3.63) is 59.7 Å². The number of anilines is 1. The van der Waals surface area contributed by atoms with Gasteiger partial charge in [-0.25, -0.2) is 4.39 Å². The van der Waals surface area contributed by atoms with Gasteiger partial charge in [0.15, 0.2) is 0 Å². The number of aromatic nitrogens is 1. The molecule has 1 N–H and O–H groups in total. The minimum atomic E-state index is -0.358. The van der Waals surface area contributed by atoms with Gasteiger partial charge in [0.05, 0.1) is 29.2 Å². The molecule has 0 fully saturated rings. The maximum Gasteiger partial charge on any atom is 0.141 e. The SMILES string of the molecule is CC(Nc1ccccc1C#N)c1ccc(F)cn1. The van der Waals surface area contributed by atoms with Gasteiger partial charge in [-0.1, -0.05) is 12.1 Å². The Labute approximate surface area is 105 Å². The number of benzene rings is 1. The average molecular weight is 241 g/mol. The van der Waals surface area contributed by atoms with Gasteiger partial charge < -0.3 is 5.32 Å². The summed E-state index contributed by atoms with van der Waals surface area (Å²) in [7, 11) is 0. The van der Waals surface area contributed by atoms with E-state index in [1.165, 1.54) is 12.3 Å². The fraction of sp³-hybridized carbons (Fsp3) is 0.143. The van der Waals surface area contributed by atoms with E-state index in [2.05, 4.69) is 16.4 Å². The first-order chi connectivity index (χ1) is 8.70. The van der Waals surface area contributed by atoms with Crippen LogP contribution < -0.4 is 5.32 Å². The monoisotopic (exact) mass is 241 g/mol. The van der Waals surface area contributed by atoms with E-state index in [0.717, 1.165) is 11.4 Å². The van der Waals surface area contributed by atoms with Crippen molar-refractivity contribution < 1.29 is 4.39 Å². The fourth-order valence-electron chi connectivity index (χ4n) is 1.66. The van der Waals surface area contributed by atoms with Gasteiger partial charge in [-0.2, -0.15) is 5.26 Å². The molecule has 0 amide bonds. The quantitative estimate of drug-likeness (QED) is 0.897. The standard InChI is InChI=1S/C14H12FN3/c1-10(13-7-6-12(15)9-17-13)18-14-5-3-2-4-11(14)8-16/h2-7,9-10,18H,1H3. The highest BCUT2D eigenvalue weighted by Gasteiger charge is 2.09. The largest absolute Gasteiger partial charge is 0.376 e. The lowest BCUT2D eigenvalue weighted by Gasteiger charge is -2.15. The molecule has 90 valence electrons. The van der Waals surface area contributed by atoms with E-state index in [-0.39, 0.29) is 11.9 Å². The molecule has 1 heterocycles. The summed E-state index contributed by atoms with van der Waals surface area (Å²) < 4.78 is 12.8. The molecular weight excluding hydrogens is 229 g/mol. The van der Waals surface area contributed by atoms with Crippen LogP contribution in [0.4, 0.5) is 10.1 Å². The Balaban J connectivity index is 2.19. The molecule has 0 saturated carbocycles. The number of hydrogen-bond donors (Lipinski definition) is 1. The molecule has 0 saturated heterocycles. The molecular formula is C14H12FN3. The minimum Gasteiger partial charge on any atom is -0.376 e. The maximum absolute atomic E-state index is 12.8. The second-order valence-corrected chi connectivity index (χ2v) is 3.92. The van der Waals surface area contributed by atoms with Crippen molar-refractivity contribution in [1.29, 1.82) is 5.26 Å². The van der Waals surface area contributed by atoms with Crippen molar-refractivity contribution in [2.24, 2.45) is 0 Å². The molecule has 3 nitrogen and oxygen atoms in total. The van der Waals surface area contributed by atoms with Crippen LogP contribution in [-0.2, 0) is 0 Å². The summed E-state index contributed by atoms with van der Waals surface area (Å²) in [5, 5.41) is 12.2. The molecule has 4 heteroatoms. The lowest BCUT2D eigenvalue weighted by atomic mass is 10.1. The number of pyridine rings is 1. The summed E-state index contributed by atoms with van der Waals surface area (Å²) in [6.07, 6.45) is 1.18. The van der Waals surface area contributed by atoms with Crippen molar-refractivity contribution in [2.45, 2.75) is 13.0 Å². The van der Waals surface area contributed by atoms with E-state index in [9.17, 15) is 4.39 Å². The van der Waals surface area contributed by atoms with Crippen LogP contribution in [-0.4, -0.2) is 4.98 Å². The van der Waals surface area contributed by atoms with Crippen LogP contribution >= 0.6 is 0 Å². The van der Waals surface area contributed by atoms with Gasteiger partial charge in [0.25, 0.3) is 0 Å². The zero-order valence-corrected chi connectivity index (χ0v) is 9.89. The van der Waals surface area contributed by atoms with E-state index >= 15 is 0 Å². The maximum atomic E-state index is 12.8. The number of hydrogen-bond acceptors (Lipinski definition) is 3. The lowest BCUT2D eigenvalue weighted by Crippen LogP contribution is -2.09. The molecule has 2 aromatic rings. The van der Waals surface area contributed by atoms with Crippen LogP contribution in [0, 0.1) is 17.1 Å². The van der Waals surface area contributed by atoms with Crippen molar-refractivity contribution in [2.75, 3.05) is 5.32 Å². The molecule has 1 aromatic carbocycles. The number of nitrogens with zero attached hydrogens (tertiary/aromatic N) is 2. The topological polar surface area (TPSA) is 48.7 Å². The first-order valence-corrected chi connectivity index (χ1v) is 5.58. The summed E-state index contributed by atoms with van der Waals surface area (Å²) in [4.78, 5) is 4.01. The summed E-state index contributed by atoms with van der Waals surface area (Å²) in [6, 6.07) is 12.3. The Hall–Kier alpha value is -2.41. The number of halogens is 1. The number of rotatable bonds is 3.